The average molecular weight is 333 g/mol. The van der Waals surface area contributed by atoms with Gasteiger partial charge in [0.05, 0.1) is 6.33 Å². The minimum atomic E-state index is -0.365. The first-order valence-electron chi connectivity index (χ1n) is 7.83. The van der Waals surface area contributed by atoms with E-state index in [0.717, 1.165) is 11.1 Å². The number of nitrogens with zero attached hydrogens (tertiary/aromatic N) is 3. The molecule has 4 aromatic rings. The highest BCUT2D eigenvalue weighted by molar-refractivity contribution is 6.01. The van der Waals surface area contributed by atoms with Gasteiger partial charge in [-0.25, -0.2) is 4.98 Å². The molecule has 0 aliphatic carbocycles. The number of para-hydroxylation sites is 2. The van der Waals surface area contributed by atoms with Crippen LogP contribution in [0.25, 0.3) is 22.1 Å². The maximum Gasteiger partial charge on any atom is 0.297 e. The molecule has 0 atom stereocenters. The highest BCUT2D eigenvalue weighted by Gasteiger charge is 2.16. The fourth-order valence-corrected chi connectivity index (χ4v) is 2.78. The summed E-state index contributed by atoms with van der Waals surface area (Å²) in [5.41, 5.74) is 1.68. The zero-order chi connectivity index (χ0) is 17.4. The Bertz CT molecular complexity index is 1130. The number of carbonyl (C=O) groups is 1. The van der Waals surface area contributed by atoms with Gasteiger partial charge < -0.3 is 9.32 Å². The van der Waals surface area contributed by atoms with Gasteiger partial charge in [-0.05, 0) is 24.3 Å². The number of aromatic nitrogens is 2. The molecule has 25 heavy (non-hydrogen) atoms. The third kappa shape index (κ3) is 2.57. The van der Waals surface area contributed by atoms with Gasteiger partial charge in [0.15, 0.2) is 0 Å². The van der Waals surface area contributed by atoms with E-state index in [-0.39, 0.29) is 23.6 Å². The predicted molar refractivity (Wildman–Crippen MR) is 95.6 cm³/mol. The lowest BCUT2D eigenvalue weighted by molar-refractivity contribution is -0.118. The van der Waals surface area contributed by atoms with Crippen molar-refractivity contribution in [2.45, 2.75) is 6.54 Å². The Kier molecular flexibility index (Phi) is 3.57. The van der Waals surface area contributed by atoms with Crippen LogP contribution in [0.2, 0.25) is 0 Å². The first-order chi connectivity index (χ1) is 12.1. The van der Waals surface area contributed by atoms with Crippen molar-refractivity contribution in [3.8, 4) is 0 Å². The molecule has 0 radical (unpaired) electrons. The quantitative estimate of drug-likeness (QED) is 0.578. The van der Waals surface area contributed by atoms with E-state index in [4.69, 9.17) is 4.42 Å². The Hall–Kier alpha value is -3.41. The molecule has 4 rings (SSSR count). The zero-order valence-corrected chi connectivity index (χ0v) is 13.5. The van der Waals surface area contributed by atoms with Crippen molar-refractivity contribution < 1.29 is 9.21 Å². The van der Waals surface area contributed by atoms with Gasteiger partial charge in [0.2, 0.25) is 11.5 Å². The molecule has 2 aromatic carbocycles. The van der Waals surface area contributed by atoms with Crippen LogP contribution in [0, 0.1) is 0 Å². The van der Waals surface area contributed by atoms with Crippen LogP contribution in [0.15, 0.2) is 70.1 Å². The van der Waals surface area contributed by atoms with Gasteiger partial charge in [-0.2, -0.15) is 0 Å². The van der Waals surface area contributed by atoms with Crippen LogP contribution in [0.1, 0.15) is 0 Å². The first-order valence-corrected chi connectivity index (χ1v) is 7.83. The summed E-state index contributed by atoms with van der Waals surface area (Å²) >= 11 is 0. The molecule has 0 fully saturated rings. The monoisotopic (exact) mass is 333 g/mol. The van der Waals surface area contributed by atoms with E-state index in [1.807, 2.05) is 48.5 Å². The second-order valence-corrected chi connectivity index (χ2v) is 5.74. The lowest BCUT2D eigenvalue weighted by Gasteiger charge is -2.17. The molecule has 0 saturated heterocycles. The number of likely N-dealkylation sites (N-methyl/N-ethyl adjacent to an activating group) is 1. The molecule has 0 aliphatic rings. The fraction of sp³-hybridized carbons (Fsp3) is 0.105. The molecule has 2 aromatic heterocycles. The number of amides is 1. The van der Waals surface area contributed by atoms with Crippen molar-refractivity contribution in [2.75, 3.05) is 11.9 Å². The lowest BCUT2D eigenvalue weighted by Crippen LogP contribution is -2.33. The third-order valence-corrected chi connectivity index (χ3v) is 4.17. The molecule has 6 nitrogen and oxygen atoms in total. The van der Waals surface area contributed by atoms with Crippen molar-refractivity contribution >= 4 is 33.7 Å². The normalized spacial score (nSPS) is 11.1. The number of furan rings is 1. The molecular weight excluding hydrogens is 318 g/mol. The summed E-state index contributed by atoms with van der Waals surface area (Å²) in [6.45, 7) is -0.107. The Balaban J connectivity index is 1.70. The summed E-state index contributed by atoms with van der Waals surface area (Å²) in [6.07, 6.45) is 1.39. The Morgan fingerprint density at radius 1 is 1.12 bits per heavy atom. The number of carbonyl (C=O) groups excluding carboxylic acids is 1. The maximum absolute atomic E-state index is 12.7. The van der Waals surface area contributed by atoms with E-state index in [2.05, 4.69) is 4.98 Å². The number of fused-ring (bicyclic) bond motifs is 3. The lowest BCUT2D eigenvalue weighted by atomic mass is 10.2. The number of benzene rings is 2. The van der Waals surface area contributed by atoms with E-state index in [1.54, 1.807) is 13.1 Å². The van der Waals surface area contributed by atoms with Crippen LogP contribution < -0.4 is 10.5 Å². The zero-order valence-electron chi connectivity index (χ0n) is 13.5. The summed E-state index contributed by atoms with van der Waals surface area (Å²) in [5, 5.41) is 0.787. The van der Waals surface area contributed by atoms with Crippen LogP contribution in [0.4, 0.5) is 5.69 Å². The summed E-state index contributed by atoms with van der Waals surface area (Å²) in [7, 11) is 1.68. The first kappa shape index (κ1) is 15.1. The molecule has 2 heterocycles. The molecule has 0 bridgehead atoms. The molecule has 1 amide bonds. The largest absolute Gasteiger partial charge is 0.448 e. The SMILES string of the molecule is CN(C(=O)Cn1cnc2c(oc3ccccc32)c1=O)c1ccccc1. The smallest absolute Gasteiger partial charge is 0.297 e. The van der Waals surface area contributed by atoms with Crippen LogP contribution in [-0.4, -0.2) is 22.5 Å². The molecule has 0 unspecified atom stereocenters. The van der Waals surface area contributed by atoms with Crippen LogP contribution in [0.5, 0.6) is 0 Å². The van der Waals surface area contributed by atoms with Crippen molar-refractivity contribution in [2.24, 2.45) is 0 Å². The molecular formula is C19H15N3O3. The summed E-state index contributed by atoms with van der Waals surface area (Å²) in [4.78, 5) is 31.0. The molecule has 6 heteroatoms. The number of anilines is 1. The van der Waals surface area contributed by atoms with Gasteiger partial charge in [-0.15, -0.1) is 0 Å². The summed E-state index contributed by atoms with van der Waals surface area (Å²) < 4.78 is 6.90. The molecule has 0 spiro atoms. The number of rotatable bonds is 3. The van der Waals surface area contributed by atoms with Crippen molar-refractivity contribution in [3.05, 3.63) is 71.3 Å². The van der Waals surface area contributed by atoms with E-state index in [1.165, 1.54) is 15.8 Å². The minimum absolute atomic E-state index is 0.107. The molecule has 124 valence electrons. The Morgan fingerprint density at radius 3 is 2.64 bits per heavy atom. The fourth-order valence-electron chi connectivity index (χ4n) is 2.78. The van der Waals surface area contributed by atoms with E-state index < -0.39 is 0 Å². The van der Waals surface area contributed by atoms with E-state index >= 15 is 0 Å². The second-order valence-electron chi connectivity index (χ2n) is 5.74. The Labute approximate surface area is 142 Å². The molecule has 0 aliphatic heterocycles. The van der Waals surface area contributed by atoms with E-state index in [9.17, 15) is 9.59 Å². The summed E-state index contributed by atoms with van der Waals surface area (Å²) in [5.74, 6) is -0.217. The van der Waals surface area contributed by atoms with Gasteiger partial charge in [0, 0.05) is 18.1 Å². The third-order valence-electron chi connectivity index (χ3n) is 4.17. The highest BCUT2D eigenvalue weighted by atomic mass is 16.3. The van der Waals surface area contributed by atoms with E-state index in [0.29, 0.717) is 11.1 Å². The maximum atomic E-state index is 12.7. The van der Waals surface area contributed by atoms with Gasteiger partial charge in [-0.3, -0.25) is 14.2 Å². The standard InChI is InChI=1S/C19H15N3O3/c1-21(13-7-3-2-4-8-13)16(23)11-22-12-20-17-14-9-5-6-10-15(14)25-18(17)19(22)24/h2-10,12H,11H2,1H3. The molecule has 0 N–H and O–H groups in total. The van der Waals surface area contributed by atoms with Crippen LogP contribution >= 0.6 is 0 Å². The number of hydrogen-bond donors (Lipinski definition) is 0. The van der Waals surface area contributed by atoms with Gasteiger partial charge >= 0.3 is 0 Å². The Morgan fingerprint density at radius 2 is 1.84 bits per heavy atom. The van der Waals surface area contributed by atoms with Crippen LogP contribution in [-0.2, 0) is 11.3 Å². The number of hydrogen-bond acceptors (Lipinski definition) is 4. The van der Waals surface area contributed by atoms with Crippen molar-refractivity contribution in [1.82, 2.24) is 9.55 Å². The summed E-state index contributed by atoms with van der Waals surface area (Å²) in [6, 6.07) is 16.6. The second kappa shape index (κ2) is 5.90. The predicted octanol–water partition coefficient (Wildman–Crippen LogP) is 2.81. The van der Waals surface area contributed by atoms with Crippen molar-refractivity contribution in [1.29, 1.82) is 0 Å². The highest BCUT2D eigenvalue weighted by Crippen LogP contribution is 2.24. The van der Waals surface area contributed by atoms with Crippen molar-refractivity contribution in [3.63, 3.8) is 0 Å². The minimum Gasteiger partial charge on any atom is -0.448 e. The van der Waals surface area contributed by atoms with Gasteiger partial charge in [-0.1, -0.05) is 30.3 Å². The topological polar surface area (TPSA) is 68.3 Å². The van der Waals surface area contributed by atoms with Gasteiger partial charge in [0.25, 0.3) is 5.56 Å². The van der Waals surface area contributed by atoms with Gasteiger partial charge in [0.1, 0.15) is 17.6 Å². The molecule has 0 saturated carbocycles. The van der Waals surface area contributed by atoms with Crippen LogP contribution in [0.3, 0.4) is 0 Å². The average Bonchev–Trinajstić information content (AvgIpc) is 3.03.